The van der Waals surface area contributed by atoms with Crippen LogP contribution in [0.3, 0.4) is 0 Å². The lowest BCUT2D eigenvalue weighted by molar-refractivity contribution is 0.0686. The van der Waals surface area contributed by atoms with Gasteiger partial charge in [-0.3, -0.25) is 0 Å². The molecule has 0 aliphatic heterocycles. The molecular formula is C17H17N3O2. The topological polar surface area (TPSA) is 68.0 Å². The monoisotopic (exact) mass is 295 g/mol. The highest BCUT2D eigenvalue weighted by Crippen LogP contribution is 2.29. The van der Waals surface area contributed by atoms with Crippen LogP contribution in [-0.4, -0.2) is 25.6 Å². The number of benzene rings is 1. The van der Waals surface area contributed by atoms with Crippen LogP contribution in [0.25, 0.3) is 10.9 Å². The van der Waals surface area contributed by atoms with Gasteiger partial charge >= 0.3 is 5.97 Å². The number of hydrogen-bond acceptors (Lipinski definition) is 3. The molecule has 1 aromatic carbocycles. The number of rotatable bonds is 4. The van der Waals surface area contributed by atoms with Gasteiger partial charge in [0.15, 0.2) is 0 Å². The van der Waals surface area contributed by atoms with Crippen LogP contribution in [0.2, 0.25) is 0 Å². The molecule has 0 spiro atoms. The maximum absolute atomic E-state index is 11.6. The van der Waals surface area contributed by atoms with E-state index in [-0.39, 0.29) is 5.69 Å². The first-order valence-electron chi connectivity index (χ1n) is 7.18. The van der Waals surface area contributed by atoms with E-state index in [0.717, 1.165) is 22.2 Å². The number of fused-ring (bicyclic) bond motifs is 1. The van der Waals surface area contributed by atoms with Crippen molar-refractivity contribution in [2.45, 2.75) is 26.3 Å². The molecule has 0 atom stereocenters. The van der Waals surface area contributed by atoms with Crippen molar-refractivity contribution in [3.05, 3.63) is 59.8 Å². The molecule has 2 aromatic heterocycles. The van der Waals surface area contributed by atoms with E-state index < -0.39 is 5.97 Å². The highest BCUT2D eigenvalue weighted by atomic mass is 16.4. The third kappa shape index (κ3) is 2.45. The molecule has 22 heavy (non-hydrogen) atoms. The lowest BCUT2D eigenvalue weighted by atomic mass is 10.0. The fraction of sp³-hybridized carbons (Fsp3) is 0.235. The van der Waals surface area contributed by atoms with E-state index in [2.05, 4.69) is 29.9 Å². The zero-order valence-electron chi connectivity index (χ0n) is 12.5. The van der Waals surface area contributed by atoms with E-state index in [1.807, 2.05) is 16.7 Å². The number of hydrogen-bond donors (Lipinski definition) is 1. The molecule has 2 heterocycles. The molecule has 0 radical (unpaired) electrons. The third-order valence-electron chi connectivity index (χ3n) is 3.76. The summed E-state index contributed by atoms with van der Waals surface area (Å²) < 4.78 is 1.83. The van der Waals surface area contributed by atoms with E-state index in [1.165, 1.54) is 6.33 Å². The minimum atomic E-state index is -0.931. The summed E-state index contributed by atoms with van der Waals surface area (Å²) in [6.07, 6.45) is 3.14. The Bertz CT molecular complexity index is 823. The molecular weight excluding hydrogens is 278 g/mol. The van der Waals surface area contributed by atoms with Gasteiger partial charge in [-0.05, 0) is 23.6 Å². The first kappa shape index (κ1) is 14.3. The van der Waals surface area contributed by atoms with Gasteiger partial charge in [0, 0.05) is 11.6 Å². The average molecular weight is 295 g/mol. The zero-order valence-corrected chi connectivity index (χ0v) is 12.5. The Balaban J connectivity index is 2.25. The van der Waals surface area contributed by atoms with Gasteiger partial charge in [0.2, 0.25) is 0 Å². The number of carboxylic acids is 1. The lowest BCUT2D eigenvalue weighted by Gasteiger charge is -2.13. The first-order valence-corrected chi connectivity index (χ1v) is 7.18. The zero-order chi connectivity index (χ0) is 15.7. The summed E-state index contributed by atoms with van der Waals surface area (Å²) in [6, 6.07) is 9.50. The van der Waals surface area contributed by atoms with Crippen molar-refractivity contribution in [1.82, 2.24) is 14.5 Å². The fourth-order valence-electron chi connectivity index (χ4n) is 2.73. The molecule has 0 aliphatic carbocycles. The highest BCUT2D eigenvalue weighted by molar-refractivity contribution is 5.96. The van der Waals surface area contributed by atoms with Crippen molar-refractivity contribution in [2.75, 3.05) is 0 Å². The molecule has 5 heteroatoms. The van der Waals surface area contributed by atoms with E-state index in [9.17, 15) is 9.90 Å². The minimum absolute atomic E-state index is 0.279. The second-order valence-electron chi connectivity index (χ2n) is 5.56. The Morgan fingerprint density at radius 1 is 1.32 bits per heavy atom. The molecule has 0 saturated carbocycles. The summed E-state index contributed by atoms with van der Waals surface area (Å²) in [5, 5.41) is 10.5. The summed E-state index contributed by atoms with van der Waals surface area (Å²) in [7, 11) is 0. The molecule has 3 aromatic rings. The first-order chi connectivity index (χ1) is 10.6. The quantitative estimate of drug-likeness (QED) is 0.802. The predicted octanol–water partition coefficient (Wildman–Crippen LogP) is 3.30. The van der Waals surface area contributed by atoms with E-state index in [1.54, 1.807) is 18.3 Å². The van der Waals surface area contributed by atoms with Gasteiger partial charge in [0.1, 0.15) is 12.0 Å². The molecule has 0 unspecified atom stereocenters. The van der Waals surface area contributed by atoms with Gasteiger partial charge in [0.05, 0.1) is 17.8 Å². The van der Waals surface area contributed by atoms with Crippen molar-refractivity contribution in [3.63, 3.8) is 0 Å². The van der Waals surface area contributed by atoms with Crippen LogP contribution in [0.4, 0.5) is 0 Å². The number of nitrogens with zero attached hydrogens (tertiary/aromatic N) is 3. The molecule has 1 N–H and O–H groups in total. The Kier molecular flexibility index (Phi) is 3.63. The van der Waals surface area contributed by atoms with Gasteiger partial charge in [-0.1, -0.05) is 32.0 Å². The lowest BCUT2D eigenvalue weighted by Crippen LogP contribution is -2.11. The van der Waals surface area contributed by atoms with E-state index >= 15 is 0 Å². The second-order valence-corrected chi connectivity index (χ2v) is 5.56. The van der Waals surface area contributed by atoms with Crippen LogP contribution >= 0.6 is 0 Å². The van der Waals surface area contributed by atoms with Gasteiger partial charge in [-0.2, -0.15) is 0 Å². The third-order valence-corrected chi connectivity index (χ3v) is 3.76. The SMILES string of the molecule is CC(C)c1cccc2cc(C(=O)O)n(Cc3ccncn3)c12. The molecule has 0 aliphatic rings. The molecule has 0 bridgehead atoms. The van der Waals surface area contributed by atoms with Gasteiger partial charge < -0.3 is 9.67 Å². The van der Waals surface area contributed by atoms with Crippen molar-refractivity contribution < 1.29 is 9.90 Å². The van der Waals surface area contributed by atoms with Crippen LogP contribution in [0.15, 0.2) is 42.9 Å². The number of carbonyl (C=O) groups is 1. The Morgan fingerprint density at radius 3 is 2.77 bits per heavy atom. The largest absolute Gasteiger partial charge is 0.477 e. The normalized spacial score (nSPS) is 11.2. The van der Waals surface area contributed by atoms with Crippen LogP contribution in [0, 0.1) is 0 Å². The summed E-state index contributed by atoms with van der Waals surface area (Å²) >= 11 is 0. The maximum atomic E-state index is 11.6. The van der Waals surface area contributed by atoms with Gasteiger partial charge in [-0.25, -0.2) is 14.8 Å². The molecule has 0 fully saturated rings. The number of aromatic nitrogens is 3. The van der Waals surface area contributed by atoms with Crippen LogP contribution in [0.5, 0.6) is 0 Å². The van der Waals surface area contributed by atoms with Gasteiger partial charge in [-0.15, -0.1) is 0 Å². The summed E-state index contributed by atoms with van der Waals surface area (Å²) in [5.74, 6) is -0.621. The van der Waals surface area contributed by atoms with Crippen LogP contribution in [-0.2, 0) is 6.54 Å². The summed E-state index contributed by atoms with van der Waals surface area (Å²) in [6.45, 7) is 4.63. The van der Waals surface area contributed by atoms with Crippen molar-refractivity contribution in [3.8, 4) is 0 Å². The molecule has 0 amide bonds. The molecule has 3 rings (SSSR count). The average Bonchev–Trinajstić information content (AvgIpc) is 2.87. The van der Waals surface area contributed by atoms with E-state index in [4.69, 9.17) is 0 Å². The minimum Gasteiger partial charge on any atom is -0.477 e. The number of carboxylic acid groups (broad SMARTS) is 1. The Morgan fingerprint density at radius 2 is 2.14 bits per heavy atom. The maximum Gasteiger partial charge on any atom is 0.352 e. The standard InChI is InChI=1S/C17H17N3O2/c1-11(2)14-5-3-4-12-8-15(17(21)22)20(16(12)14)9-13-6-7-18-10-19-13/h3-8,10-11H,9H2,1-2H3,(H,21,22). The summed E-state index contributed by atoms with van der Waals surface area (Å²) in [5.41, 5.74) is 3.17. The fourth-order valence-corrected chi connectivity index (χ4v) is 2.73. The smallest absolute Gasteiger partial charge is 0.352 e. The molecule has 5 nitrogen and oxygen atoms in total. The second kappa shape index (κ2) is 5.60. The highest BCUT2D eigenvalue weighted by Gasteiger charge is 2.18. The van der Waals surface area contributed by atoms with E-state index in [0.29, 0.717) is 12.5 Å². The number of para-hydroxylation sites is 1. The number of aromatic carboxylic acids is 1. The summed E-state index contributed by atoms with van der Waals surface area (Å²) in [4.78, 5) is 19.7. The van der Waals surface area contributed by atoms with Gasteiger partial charge in [0.25, 0.3) is 0 Å². The van der Waals surface area contributed by atoms with Crippen molar-refractivity contribution in [1.29, 1.82) is 0 Å². The van der Waals surface area contributed by atoms with Crippen molar-refractivity contribution in [2.24, 2.45) is 0 Å². The van der Waals surface area contributed by atoms with Crippen LogP contribution in [0.1, 0.15) is 41.5 Å². The molecule has 112 valence electrons. The van der Waals surface area contributed by atoms with Crippen molar-refractivity contribution >= 4 is 16.9 Å². The predicted molar refractivity (Wildman–Crippen MR) is 84.1 cm³/mol. The molecule has 0 saturated heterocycles. The Labute approximate surface area is 128 Å². The van der Waals surface area contributed by atoms with Crippen LogP contribution < -0.4 is 0 Å². The Hall–Kier alpha value is -2.69.